The normalized spacial score (nSPS) is 11.7. The Kier molecular flexibility index (Phi) is 8.91. The van der Waals surface area contributed by atoms with Crippen LogP contribution in [-0.4, -0.2) is 49.7 Å². The van der Waals surface area contributed by atoms with Gasteiger partial charge in [-0.25, -0.2) is 9.59 Å². The van der Waals surface area contributed by atoms with Crippen molar-refractivity contribution in [1.29, 1.82) is 0 Å². The van der Waals surface area contributed by atoms with Gasteiger partial charge in [-0.05, 0) is 57.9 Å². The van der Waals surface area contributed by atoms with Crippen LogP contribution in [0.4, 0.5) is 21.0 Å². The molecule has 0 spiro atoms. The zero-order chi connectivity index (χ0) is 20.6. The molecule has 0 radical (unpaired) electrons. The second-order valence-electron chi connectivity index (χ2n) is 7.21. The van der Waals surface area contributed by atoms with Crippen molar-refractivity contribution < 1.29 is 9.59 Å². The van der Waals surface area contributed by atoms with Gasteiger partial charge in [0.05, 0.1) is 0 Å². The number of nitrogens with one attached hydrogen (secondary N) is 3. The lowest BCUT2D eigenvalue weighted by atomic mass is 10.1. The van der Waals surface area contributed by atoms with Gasteiger partial charge in [-0.3, -0.25) is 0 Å². The van der Waals surface area contributed by atoms with Crippen LogP contribution in [0.15, 0.2) is 18.2 Å². The van der Waals surface area contributed by atoms with Crippen molar-refractivity contribution in [2.75, 3.05) is 30.9 Å². The molecule has 152 valence electrons. The van der Waals surface area contributed by atoms with Gasteiger partial charge in [-0.2, -0.15) is 0 Å². The molecule has 7 heteroatoms. The van der Waals surface area contributed by atoms with E-state index in [1.54, 1.807) is 0 Å². The first kappa shape index (κ1) is 22.6. The van der Waals surface area contributed by atoms with Crippen molar-refractivity contribution >= 4 is 23.4 Å². The molecule has 1 atom stereocenters. The van der Waals surface area contributed by atoms with E-state index in [4.69, 9.17) is 0 Å². The van der Waals surface area contributed by atoms with Gasteiger partial charge in [-0.15, -0.1) is 0 Å². The summed E-state index contributed by atoms with van der Waals surface area (Å²) in [5, 5.41) is 8.57. The van der Waals surface area contributed by atoms with E-state index in [0.29, 0.717) is 18.8 Å². The minimum atomic E-state index is -0.240. The summed E-state index contributed by atoms with van der Waals surface area (Å²) in [6, 6.07) is 5.62. The summed E-state index contributed by atoms with van der Waals surface area (Å²) in [7, 11) is 3.94. The number of carbonyl (C=O) groups is 2. The summed E-state index contributed by atoms with van der Waals surface area (Å²) in [4.78, 5) is 28.4. The lowest BCUT2D eigenvalue weighted by Crippen LogP contribution is -2.44. The van der Waals surface area contributed by atoms with Gasteiger partial charge in [0.25, 0.3) is 0 Å². The van der Waals surface area contributed by atoms with Crippen molar-refractivity contribution in [3.63, 3.8) is 0 Å². The topological polar surface area (TPSA) is 76.7 Å². The first-order valence-electron chi connectivity index (χ1n) is 9.61. The molecule has 0 bridgehead atoms. The number of amides is 4. The molecule has 1 aromatic carbocycles. The monoisotopic (exact) mass is 377 g/mol. The van der Waals surface area contributed by atoms with Crippen LogP contribution >= 0.6 is 0 Å². The van der Waals surface area contributed by atoms with Crippen molar-refractivity contribution in [3.8, 4) is 0 Å². The van der Waals surface area contributed by atoms with Gasteiger partial charge in [0.2, 0.25) is 0 Å². The Morgan fingerprint density at radius 3 is 2.30 bits per heavy atom. The predicted molar refractivity (Wildman–Crippen MR) is 112 cm³/mol. The van der Waals surface area contributed by atoms with Gasteiger partial charge in [0, 0.05) is 50.6 Å². The van der Waals surface area contributed by atoms with E-state index in [1.807, 2.05) is 69.8 Å². The van der Waals surface area contributed by atoms with E-state index >= 15 is 0 Å². The molecule has 3 N–H and O–H groups in total. The molecule has 0 heterocycles. The molecule has 0 aromatic heterocycles. The lowest BCUT2D eigenvalue weighted by Gasteiger charge is -2.30. The quantitative estimate of drug-likeness (QED) is 0.648. The zero-order valence-corrected chi connectivity index (χ0v) is 17.7. The maximum Gasteiger partial charge on any atom is 0.319 e. The molecular formula is C20H35N5O2. The van der Waals surface area contributed by atoms with Crippen molar-refractivity contribution in [2.45, 2.75) is 59.7 Å². The molecule has 7 nitrogen and oxygen atoms in total. The Balaban J connectivity index is 3.14. The van der Waals surface area contributed by atoms with Crippen molar-refractivity contribution in [2.24, 2.45) is 0 Å². The molecule has 0 unspecified atom stereocenters. The molecule has 1 rings (SSSR count). The average molecular weight is 378 g/mol. The van der Waals surface area contributed by atoms with Crippen LogP contribution < -0.4 is 20.9 Å². The smallest absolute Gasteiger partial charge is 0.319 e. The number of benzene rings is 1. The Hall–Kier alpha value is -2.44. The third-order valence-corrected chi connectivity index (χ3v) is 4.29. The third kappa shape index (κ3) is 7.00. The minimum Gasteiger partial charge on any atom is -0.377 e. The summed E-state index contributed by atoms with van der Waals surface area (Å²) >= 11 is 0. The van der Waals surface area contributed by atoms with E-state index in [-0.39, 0.29) is 24.1 Å². The van der Waals surface area contributed by atoms with E-state index in [0.717, 1.165) is 17.7 Å². The summed E-state index contributed by atoms with van der Waals surface area (Å²) < 4.78 is 0. The molecule has 0 aliphatic rings. The Morgan fingerprint density at radius 2 is 1.78 bits per heavy atom. The second kappa shape index (κ2) is 10.6. The number of hydrogen-bond donors (Lipinski definition) is 3. The molecule has 0 fully saturated rings. The molecule has 4 amide bonds. The van der Waals surface area contributed by atoms with Crippen molar-refractivity contribution in [3.05, 3.63) is 23.8 Å². The average Bonchev–Trinajstić information content (AvgIpc) is 2.58. The zero-order valence-electron chi connectivity index (χ0n) is 17.7. The maximum atomic E-state index is 12.5. The molecule has 27 heavy (non-hydrogen) atoms. The van der Waals surface area contributed by atoms with Gasteiger partial charge in [0.1, 0.15) is 0 Å². The van der Waals surface area contributed by atoms with Crippen LogP contribution in [0.5, 0.6) is 0 Å². The standard InChI is InChI=1S/C20H35N5O2/c1-8-15(5)25(20(27)21-9-2)13-16-12-17(10-11-18(16)24(6)7)23-19(26)22-14(3)4/h10-12,14-15H,8-9,13H2,1-7H3,(H,21,27)(H2,22,23,26)/t15-/m0/s1. The number of urea groups is 2. The summed E-state index contributed by atoms with van der Waals surface area (Å²) in [5.41, 5.74) is 2.70. The number of anilines is 2. The van der Waals surface area contributed by atoms with Crippen molar-refractivity contribution in [1.82, 2.24) is 15.5 Å². The van der Waals surface area contributed by atoms with Crippen LogP contribution in [0.25, 0.3) is 0 Å². The van der Waals surface area contributed by atoms with E-state index in [1.165, 1.54) is 0 Å². The van der Waals surface area contributed by atoms with Crippen LogP contribution in [0.2, 0.25) is 0 Å². The van der Waals surface area contributed by atoms with Gasteiger partial charge >= 0.3 is 12.1 Å². The first-order chi connectivity index (χ1) is 12.7. The SMILES string of the molecule is CCNC(=O)N(Cc1cc(NC(=O)NC(C)C)ccc1N(C)C)[C@@H](C)CC. The number of rotatable bonds is 8. The number of nitrogens with zero attached hydrogens (tertiary/aromatic N) is 2. The third-order valence-electron chi connectivity index (χ3n) is 4.29. The fourth-order valence-electron chi connectivity index (χ4n) is 2.74. The summed E-state index contributed by atoms with van der Waals surface area (Å²) in [6.45, 7) is 10.9. The highest BCUT2D eigenvalue weighted by molar-refractivity contribution is 5.90. The highest BCUT2D eigenvalue weighted by Gasteiger charge is 2.21. The van der Waals surface area contributed by atoms with Crippen LogP contribution in [0, 0.1) is 0 Å². The number of carbonyl (C=O) groups excluding carboxylic acids is 2. The van der Waals surface area contributed by atoms with E-state index < -0.39 is 0 Å². The molecule has 0 saturated heterocycles. The summed E-state index contributed by atoms with van der Waals surface area (Å²) in [5.74, 6) is 0. The Morgan fingerprint density at radius 1 is 1.11 bits per heavy atom. The van der Waals surface area contributed by atoms with Gasteiger partial charge in [0.15, 0.2) is 0 Å². The largest absolute Gasteiger partial charge is 0.377 e. The van der Waals surface area contributed by atoms with Crippen LogP contribution in [-0.2, 0) is 6.54 Å². The highest BCUT2D eigenvalue weighted by Crippen LogP contribution is 2.25. The van der Waals surface area contributed by atoms with E-state index in [9.17, 15) is 9.59 Å². The Labute approximate surface area is 163 Å². The molecule has 0 aliphatic carbocycles. The molecule has 0 saturated carbocycles. The predicted octanol–water partition coefficient (Wildman–Crippen LogP) is 3.61. The Bertz CT molecular complexity index is 631. The fraction of sp³-hybridized carbons (Fsp3) is 0.600. The second-order valence-corrected chi connectivity index (χ2v) is 7.21. The summed E-state index contributed by atoms with van der Waals surface area (Å²) in [6.07, 6.45) is 0.864. The highest BCUT2D eigenvalue weighted by atomic mass is 16.2. The van der Waals surface area contributed by atoms with E-state index in [2.05, 4.69) is 22.9 Å². The molecular weight excluding hydrogens is 342 g/mol. The van der Waals surface area contributed by atoms with Gasteiger partial charge in [-0.1, -0.05) is 6.92 Å². The lowest BCUT2D eigenvalue weighted by molar-refractivity contribution is 0.174. The minimum absolute atomic E-state index is 0.0594. The van der Waals surface area contributed by atoms with Gasteiger partial charge < -0.3 is 25.8 Å². The van der Waals surface area contributed by atoms with Crippen LogP contribution in [0.1, 0.15) is 46.6 Å². The molecule has 0 aliphatic heterocycles. The maximum absolute atomic E-state index is 12.5. The first-order valence-corrected chi connectivity index (χ1v) is 9.61. The van der Waals surface area contributed by atoms with Crippen LogP contribution in [0.3, 0.4) is 0 Å². The number of hydrogen-bond acceptors (Lipinski definition) is 3. The molecule has 1 aromatic rings. The fourth-order valence-corrected chi connectivity index (χ4v) is 2.74.